The fraction of sp³-hybridized carbons (Fsp3) is 0.538. The summed E-state index contributed by atoms with van der Waals surface area (Å²) < 4.78 is 0. The van der Waals surface area contributed by atoms with Crippen LogP contribution in [0.25, 0.3) is 0 Å². The second kappa shape index (κ2) is 4.72. The number of hydrogen-bond acceptors (Lipinski definition) is 3. The molecule has 2 N–H and O–H groups in total. The Bertz CT molecular complexity index is 453. The standard InChI is InChI=1S/C13H17NO3S/c1-13(2,10-4-3-5-18-10)7-14-11(15)8-6-9(8)12(16)17/h3-5,8-9H,6-7H2,1-2H3,(H,14,15)(H,16,17)/t8-,9-/m0/s1. The SMILES string of the molecule is CC(C)(CNC(=O)[C@H]1C[C@@H]1C(=O)O)c1cccs1. The Morgan fingerprint density at radius 2 is 2.22 bits per heavy atom. The van der Waals surface area contributed by atoms with Crippen molar-refractivity contribution >= 4 is 23.2 Å². The molecule has 0 bridgehead atoms. The summed E-state index contributed by atoms with van der Waals surface area (Å²) in [5.74, 6) is -1.81. The number of aliphatic carboxylic acids is 1. The Balaban J connectivity index is 1.85. The van der Waals surface area contributed by atoms with E-state index in [1.165, 1.54) is 4.88 Å². The van der Waals surface area contributed by atoms with Gasteiger partial charge in [0.05, 0.1) is 11.8 Å². The lowest BCUT2D eigenvalue weighted by Crippen LogP contribution is -2.37. The summed E-state index contributed by atoms with van der Waals surface area (Å²) in [6.07, 6.45) is 0.473. The minimum Gasteiger partial charge on any atom is -0.481 e. The van der Waals surface area contributed by atoms with Crippen LogP contribution in [0.5, 0.6) is 0 Å². The molecule has 0 spiro atoms. The van der Waals surface area contributed by atoms with Gasteiger partial charge < -0.3 is 10.4 Å². The summed E-state index contributed by atoms with van der Waals surface area (Å²) in [4.78, 5) is 23.7. The molecule has 1 saturated carbocycles. The van der Waals surface area contributed by atoms with Crippen molar-refractivity contribution in [2.24, 2.45) is 11.8 Å². The molecule has 5 heteroatoms. The third-order valence-corrected chi connectivity index (χ3v) is 4.57. The molecule has 2 atom stereocenters. The van der Waals surface area contributed by atoms with Gasteiger partial charge in [-0.25, -0.2) is 0 Å². The van der Waals surface area contributed by atoms with Gasteiger partial charge in [-0.3, -0.25) is 9.59 Å². The molecule has 1 aromatic rings. The molecule has 0 aliphatic heterocycles. The minimum absolute atomic E-state index is 0.114. The molecule has 1 aliphatic rings. The van der Waals surface area contributed by atoms with Crippen LogP contribution in [0.15, 0.2) is 17.5 Å². The predicted molar refractivity (Wildman–Crippen MR) is 69.6 cm³/mol. The van der Waals surface area contributed by atoms with Gasteiger partial charge in [-0.1, -0.05) is 19.9 Å². The zero-order chi connectivity index (χ0) is 13.3. The monoisotopic (exact) mass is 267 g/mol. The molecule has 1 aromatic heterocycles. The maximum atomic E-state index is 11.8. The van der Waals surface area contributed by atoms with E-state index in [0.717, 1.165) is 0 Å². The van der Waals surface area contributed by atoms with Crippen LogP contribution < -0.4 is 5.32 Å². The largest absolute Gasteiger partial charge is 0.481 e. The first kappa shape index (κ1) is 13.1. The number of carbonyl (C=O) groups is 2. The van der Waals surface area contributed by atoms with Crippen molar-refractivity contribution < 1.29 is 14.7 Å². The number of carbonyl (C=O) groups excluding carboxylic acids is 1. The molecule has 4 nitrogen and oxygen atoms in total. The third-order valence-electron chi connectivity index (χ3n) is 3.34. The van der Waals surface area contributed by atoms with Gasteiger partial charge in [-0.15, -0.1) is 11.3 Å². The fourth-order valence-electron chi connectivity index (χ4n) is 1.95. The third kappa shape index (κ3) is 2.72. The van der Waals surface area contributed by atoms with Crippen LogP contribution in [0.3, 0.4) is 0 Å². The molecule has 1 amide bonds. The first-order valence-corrected chi connectivity index (χ1v) is 6.84. The highest BCUT2D eigenvalue weighted by atomic mass is 32.1. The molecular weight excluding hydrogens is 250 g/mol. The van der Waals surface area contributed by atoms with Crippen LogP contribution in [0.2, 0.25) is 0 Å². The summed E-state index contributed by atoms with van der Waals surface area (Å²) in [6.45, 7) is 4.68. The van der Waals surface area contributed by atoms with Gasteiger partial charge in [0.2, 0.25) is 5.91 Å². The van der Waals surface area contributed by atoms with Crippen molar-refractivity contribution in [3.63, 3.8) is 0 Å². The van der Waals surface area contributed by atoms with E-state index in [1.54, 1.807) is 11.3 Å². The van der Waals surface area contributed by atoms with Crippen LogP contribution in [0.1, 0.15) is 25.1 Å². The van der Waals surface area contributed by atoms with Gasteiger partial charge in [0.15, 0.2) is 0 Å². The predicted octanol–water partition coefficient (Wildman–Crippen LogP) is 1.86. The van der Waals surface area contributed by atoms with Crippen molar-refractivity contribution in [3.05, 3.63) is 22.4 Å². The number of thiophene rings is 1. The van der Waals surface area contributed by atoms with Gasteiger partial charge in [0, 0.05) is 16.8 Å². The lowest BCUT2D eigenvalue weighted by atomic mass is 9.91. The van der Waals surface area contributed by atoms with E-state index < -0.39 is 11.9 Å². The average molecular weight is 267 g/mol. The van der Waals surface area contributed by atoms with Crippen LogP contribution >= 0.6 is 11.3 Å². The quantitative estimate of drug-likeness (QED) is 0.855. The highest BCUT2D eigenvalue weighted by molar-refractivity contribution is 7.10. The lowest BCUT2D eigenvalue weighted by Gasteiger charge is -2.23. The van der Waals surface area contributed by atoms with Crippen molar-refractivity contribution in [1.29, 1.82) is 0 Å². The Morgan fingerprint density at radius 1 is 1.50 bits per heavy atom. The Labute approximate surface area is 110 Å². The molecule has 98 valence electrons. The highest BCUT2D eigenvalue weighted by Crippen LogP contribution is 2.38. The van der Waals surface area contributed by atoms with E-state index in [0.29, 0.717) is 13.0 Å². The molecule has 0 aromatic carbocycles. The lowest BCUT2D eigenvalue weighted by molar-refractivity contribution is -0.140. The Morgan fingerprint density at radius 3 is 2.72 bits per heavy atom. The average Bonchev–Trinajstić information content (AvgIpc) is 2.92. The van der Waals surface area contributed by atoms with E-state index in [4.69, 9.17) is 5.11 Å². The first-order chi connectivity index (χ1) is 8.42. The van der Waals surface area contributed by atoms with Gasteiger partial charge in [0.1, 0.15) is 0 Å². The van der Waals surface area contributed by atoms with Crippen molar-refractivity contribution in [3.8, 4) is 0 Å². The van der Waals surface area contributed by atoms with Crippen molar-refractivity contribution in [2.45, 2.75) is 25.7 Å². The van der Waals surface area contributed by atoms with Crippen LogP contribution in [-0.2, 0) is 15.0 Å². The zero-order valence-electron chi connectivity index (χ0n) is 10.5. The van der Waals surface area contributed by atoms with Gasteiger partial charge in [-0.2, -0.15) is 0 Å². The van der Waals surface area contributed by atoms with E-state index in [9.17, 15) is 9.59 Å². The van der Waals surface area contributed by atoms with Gasteiger partial charge >= 0.3 is 5.97 Å². The summed E-state index contributed by atoms with van der Waals surface area (Å²) in [5.41, 5.74) is -0.114. The number of rotatable bonds is 5. The van der Waals surface area contributed by atoms with E-state index in [-0.39, 0.29) is 17.2 Å². The molecule has 1 fully saturated rings. The van der Waals surface area contributed by atoms with Gasteiger partial charge in [0.25, 0.3) is 0 Å². The first-order valence-electron chi connectivity index (χ1n) is 5.96. The number of carboxylic acids is 1. The fourth-order valence-corrected chi connectivity index (χ4v) is 2.80. The van der Waals surface area contributed by atoms with E-state index in [2.05, 4.69) is 19.2 Å². The number of nitrogens with one attached hydrogen (secondary N) is 1. The molecule has 0 radical (unpaired) electrons. The minimum atomic E-state index is -0.868. The summed E-state index contributed by atoms with van der Waals surface area (Å²) >= 11 is 1.67. The number of amides is 1. The van der Waals surface area contributed by atoms with E-state index in [1.807, 2.05) is 17.5 Å². The molecule has 0 saturated heterocycles. The highest BCUT2D eigenvalue weighted by Gasteiger charge is 2.48. The van der Waals surface area contributed by atoms with Crippen LogP contribution in [-0.4, -0.2) is 23.5 Å². The second-order valence-electron chi connectivity index (χ2n) is 5.37. The summed E-state index contributed by atoms with van der Waals surface area (Å²) in [5, 5.41) is 13.6. The van der Waals surface area contributed by atoms with E-state index >= 15 is 0 Å². The summed E-state index contributed by atoms with van der Waals surface area (Å²) in [6, 6.07) is 4.04. The number of hydrogen-bond donors (Lipinski definition) is 2. The topological polar surface area (TPSA) is 66.4 Å². The number of carboxylic acid groups (broad SMARTS) is 1. The smallest absolute Gasteiger partial charge is 0.307 e. The molecule has 1 aliphatic carbocycles. The Hall–Kier alpha value is -1.36. The summed E-state index contributed by atoms with van der Waals surface area (Å²) in [7, 11) is 0. The molecule has 18 heavy (non-hydrogen) atoms. The Kier molecular flexibility index (Phi) is 3.43. The maximum Gasteiger partial charge on any atom is 0.307 e. The molecule has 0 unspecified atom stereocenters. The van der Waals surface area contributed by atoms with Gasteiger partial charge in [-0.05, 0) is 17.9 Å². The molecule has 1 heterocycles. The zero-order valence-corrected chi connectivity index (χ0v) is 11.3. The van der Waals surface area contributed by atoms with Crippen molar-refractivity contribution in [2.75, 3.05) is 6.54 Å². The van der Waals surface area contributed by atoms with Crippen LogP contribution in [0, 0.1) is 11.8 Å². The second-order valence-corrected chi connectivity index (χ2v) is 6.31. The van der Waals surface area contributed by atoms with Crippen molar-refractivity contribution in [1.82, 2.24) is 5.32 Å². The maximum absolute atomic E-state index is 11.8. The molecule has 2 rings (SSSR count). The van der Waals surface area contributed by atoms with Crippen LogP contribution in [0.4, 0.5) is 0 Å². The normalized spacial score (nSPS) is 22.6. The molecular formula is C13H17NO3S.